The van der Waals surface area contributed by atoms with Crippen molar-refractivity contribution in [3.63, 3.8) is 0 Å². The van der Waals surface area contributed by atoms with Crippen LogP contribution in [0.3, 0.4) is 0 Å². The van der Waals surface area contributed by atoms with Crippen molar-refractivity contribution in [3.05, 3.63) is 65.1 Å². The largest absolute Gasteiger partial charge is 0.507 e. The fraction of sp³-hybridized carbons (Fsp3) is 0.660. The van der Waals surface area contributed by atoms with Crippen molar-refractivity contribution < 1.29 is 51.2 Å². The van der Waals surface area contributed by atoms with Crippen LogP contribution in [0.25, 0.3) is 0 Å². The van der Waals surface area contributed by atoms with Crippen LogP contribution in [0.5, 0.6) is 11.5 Å². The van der Waals surface area contributed by atoms with Gasteiger partial charge in [0.2, 0.25) is 12.7 Å². The van der Waals surface area contributed by atoms with Gasteiger partial charge in [-0.05, 0) is 102 Å². The Morgan fingerprint density at radius 1 is 0.646 bits per heavy atom. The summed E-state index contributed by atoms with van der Waals surface area (Å²) in [6.07, 6.45) is 15.6. The molecule has 3 aliphatic rings. The first-order valence-corrected chi connectivity index (χ1v) is 23.4. The van der Waals surface area contributed by atoms with Gasteiger partial charge < -0.3 is 27.9 Å². The number of carboxylic acid groups (broad SMARTS) is 2. The Morgan fingerprint density at radius 3 is 1.26 bits per heavy atom. The van der Waals surface area contributed by atoms with E-state index in [1.165, 1.54) is 36.8 Å². The topological polar surface area (TPSA) is 135 Å². The van der Waals surface area contributed by atoms with Crippen LogP contribution >= 0.6 is 0 Å². The van der Waals surface area contributed by atoms with Gasteiger partial charge in [0.1, 0.15) is 37.7 Å². The third kappa shape index (κ3) is 16.7. The van der Waals surface area contributed by atoms with Crippen LogP contribution in [0, 0.1) is 12.8 Å². The Kier molecular flexibility index (Phi) is 20.4. The van der Waals surface area contributed by atoms with Crippen molar-refractivity contribution >= 4 is 31.3 Å². The normalized spacial score (nSPS) is 18.9. The van der Waals surface area contributed by atoms with Crippen molar-refractivity contribution in [2.24, 2.45) is 15.4 Å². The zero-order valence-electron chi connectivity index (χ0n) is 42.9. The third-order valence-corrected chi connectivity index (χ3v) is 13.2. The van der Waals surface area contributed by atoms with E-state index >= 15 is 0 Å². The molecule has 4 N–H and O–H groups in total. The number of nitrogens with zero attached hydrogens (tertiary/aromatic N) is 6. The molecule has 1 radical (unpaired) electrons. The molecule has 5 rings (SSSR count). The van der Waals surface area contributed by atoms with Crippen LogP contribution < -0.4 is 0 Å². The number of hydrogen-bond donors (Lipinski definition) is 4. The molecule has 2 aromatic rings. The van der Waals surface area contributed by atoms with Crippen LogP contribution in [0.2, 0.25) is 0 Å². The number of likely N-dealkylation sites (N-methyl/N-ethyl adjacent to an activating group) is 2. The number of carbonyl (C=O) groups is 1. The monoisotopic (exact) mass is 947 g/mol. The molecule has 11 nitrogen and oxygen atoms in total. The fourth-order valence-electron chi connectivity index (χ4n) is 9.28. The molecular weight excluding hydrogens is 860 g/mol. The van der Waals surface area contributed by atoms with E-state index in [-0.39, 0.29) is 63.4 Å². The molecule has 65 heavy (non-hydrogen) atoms. The van der Waals surface area contributed by atoms with Crippen LogP contribution in [0.4, 0.5) is 4.79 Å². The van der Waals surface area contributed by atoms with Gasteiger partial charge in [0.05, 0.1) is 39.3 Å². The molecule has 2 heterocycles. The number of aromatic hydroxyl groups is 2. The van der Waals surface area contributed by atoms with Crippen LogP contribution in [-0.2, 0) is 38.4 Å². The summed E-state index contributed by atoms with van der Waals surface area (Å²) in [5.41, 5.74) is 5.38. The average molecular weight is 947 g/mol. The van der Waals surface area contributed by atoms with Gasteiger partial charge in [-0.25, -0.2) is 4.79 Å². The predicted molar refractivity (Wildman–Crippen MR) is 268 cm³/mol. The molecule has 2 aliphatic heterocycles. The van der Waals surface area contributed by atoms with E-state index in [9.17, 15) is 10.2 Å². The molecule has 0 saturated heterocycles. The summed E-state index contributed by atoms with van der Waals surface area (Å²) in [5, 5.41) is 37.5. The van der Waals surface area contributed by atoms with E-state index < -0.39 is 6.16 Å². The standard InChI is InChI=1S/C51H80N6O2.CH2O3.CH3.Co/c1-47(2,3)39-27-37(45(58)41(29-39)49(7,8)9)33-52-43-31-51(19-15-17-21-56-25-23-54(13)35-56,20-16-18-22-57-26-24-55(14)36-57)32-44(43)53-34-38-28-40(48(4,5)6)30-42(46(38)59)50(10,11)12;2-1(3)4;;/h27-30,33-36,43-44H,15-26,31-32H2,1-14H3;(H2,2,3,4);1H3;/q;;-1;/p+2. The van der Waals surface area contributed by atoms with Gasteiger partial charge >= 0.3 is 6.16 Å². The van der Waals surface area contributed by atoms with Crippen molar-refractivity contribution in [3.8, 4) is 11.5 Å². The predicted octanol–water partition coefficient (Wildman–Crippen LogP) is 10.3. The van der Waals surface area contributed by atoms with Crippen molar-refractivity contribution in [2.75, 3.05) is 53.4 Å². The number of rotatable bonds is 14. The molecule has 0 spiro atoms. The minimum atomic E-state index is -1.83. The van der Waals surface area contributed by atoms with Gasteiger partial charge in [-0.3, -0.25) is 28.9 Å². The summed E-state index contributed by atoms with van der Waals surface area (Å²) in [7, 11) is 4.33. The summed E-state index contributed by atoms with van der Waals surface area (Å²) >= 11 is 0. The molecule has 1 fully saturated rings. The maximum atomic E-state index is 11.8. The second-order valence-corrected chi connectivity index (χ2v) is 23.0. The Labute approximate surface area is 404 Å². The van der Waals surface area contributed by atoms with E-state index in [0.29, 0.717) is 11.5 Å². The molecule has 0 amide bonds. The Hall–Kier alpha value is -3.90. The summed E-state index contributed by atoms with van der Waals surface area (Å²) < 4.78 is 4.58. The minimum Gasteiger partial charge on any atom is -0.507 e. The third-order valence-electron chi connectivity index (χ3n) is 13.2. The molecule has 367 valence electrons. The van der Waals surface area contributed by atoms with Crippen LogP contribution in [0.1, 0.15) is 168 Å². The number of unbranched alkanes of at least 4 members (excludes halogenated alkanes) is 2. The first-order chi connectivity index (χ1) is 29.1. The maximum Gasteiger partial charge on any atom is 0.503 e. The number of phenolic OH excluding ortho intramolecular Hbond substituents is 2. The maximum absolute atomic E-state index is 11.8. The summed E-state index contributed by atoms with van der Waals surface area (Å²) in [4.78, 5) is 24.4. The van der Waals surface area contributed by atoms with Gasteiger partial charge in [0.25, 0.3) is 0 Å². The zero-order chi connectivity index (χ0) is 47.1. The Balaban J connectivity index is 0.00000232. The first kappa shape index (κ1) is 57.2. The van der Waals surface area contributed by atoms with E-state index in [2.05, 4.69) is 153 Å². The van der Waals surface area contributed by atoms with E-state index in [1.807, 2.05) is 12.4 Å². The molecule has 1 saturated carbocycles. The first-order valence-electron chi connectivity index (χ1n) is 23.4. The molecular formula is C53H87CoN6O5+. The Bertz CT molecular complexity index is 1870. The van der Waals surface area contributed by atoms with Crippen LogP contribution in [-0.4, -0.2) is 136 Å². The number of phenols is 2. The Morgan fingerprint density at radius 2 is 0.985 bits per heavy atom. The molecule has 0 aromatic heterocycles. The summed E-state index contributed by atoms with van der Waals surface area (Å²) in [6, 6.07) is 8.55. The number of aliphatic imine (C=N–C) groups is 2. The fourth-order valence-corrected chi connectivity index (χ4v) is 9.28. The average Bonchev–Trinajstić information content (AvgIpc) is 3.86. The zero-order valence-corrected chi connectivity index (χ0v) is 43.9. The molecule has 2 unspecified atom stereocenters. The summed E-state index contributed by atoms with van der Waals surface area (Å²) in [6.45, 7) is 33.0. The van der Waals surface area contributed by atoms with Crippen LogP contribution in [0.15, 0.2) is 34.3 Å². The van der Waals surface area contributed by atoms with Crippen molar-refractivity contribution in [1.29, 1.82) is 0 Å². The number of benzene rings is 2. The second-order valence-electron chi connectivity index (χ2n) is 23.0. The molecule has 1 aliphatic carbocycles. The minimum absolute atomic E-state index is 0. The van der Waals surface area contributed by atoms with Crippen molar-refractivity contribution in [2.45, 2.75) is 168 Å². The van der Waals surface area contributed by atoms with E-state index in [0.717, 1.165) is 87.2 Å². The van der Waals surface area contributed by atoms with Gasteiger partial charge in [-0.1, -0.05) is 95.2 Å². The van der Waals surface area contributed by atoms with E-state index in [1.54, 1.807) is 0 Å². The van der Waals surface area contributed by atoms with Gasteiger partial charge in [-0.15, -0.1) is 0 Å². The molecule has 2 atom stereocenters. The number of hydrogen-bond acceptors (Lipinski definition) is 7. The molecule has 0 bridgehead atoms. The van der Waals surface area contributed by atoms with Gasteiger partial charge in [0, 0.05) is 51.5 Å². The SMILES string of the molecule is C[N+]1=CN(CCCCC2(CCCCN3C=[N+](C)CC3)CC(N=Cc3cc(C(C)(C)C)cc(C(C)(C)C)c3O)C(N=Cc3cc(C(C)(C)C)cc(C(C)(C)C)c3O)C2)CC1.O=C(O)O.[CH3-].[Co]. The smallest absolute Gasteiger partial charge is 0.503 e. The summed E-state index contributed by atoms with van der Waals surface area (Å²) in [5.74, 6) is 0.650. The second kappa shape index (κ2) is 23.2. The molecule has 12 heteroatoms. The van der Waals surface area contributed by atoms with E-state index in [4.69, 9.17) is 25.0 Å². The quantitative estimate of drug-likeness (QED) is 0.0641. The van der Waals surface area contributed by atoms with Gasteiger partial charge in [0.15, 0.2) is 0 Å². The van der Waals surface area contributed by atoms with Crippen molar-refractivity contribution in [1.82, 2.24) is 9.80 Å². The molecule has 2 aromatic carbocycles. The van der Waals surface area contributed by atoms with Gasteiger partial charge in [-0.2, -0.15) is 0 Å².